The molecule has 0 unspecified atom stereocenters. The van der Waals surface area contributed by atoms with Crippen LogP contribution in [0.2, 0.25) is 0 Å². The maximum Gasteiger partial charge on any atom is 0.125 e. The van der Waals surface area contributed by atoms with Crippen LogP contribution in [-0.2, 0) is 6.42 Å². The topological polar surface area (TPSA) is 20.2 Å². The fraction of sp³-hybridized carbons (Fsp3) is 0.333. The third-order valence-corrected chi connectivity index (χ3v) is 2.18. The molecule has 0 aromatic heterocycles. The summed E-state index contributed by atoms with van der Waals surface area (Å²) in [6.45, 7) is 0. The van der Waals surface area contributed by atoms with Gasteiger partial charge in [-0.1, -0.05) is 42.2 Å². The molecule has 1 aliphatic carbocycles. The van der Waals surface area contributed by atoms with Gasteiger partial charge in [-0.3, -0.25) is 0 Å². The van der Waals surface area contributed by atoms with Gasteiger partial charge in [0.05, 0.1) is 0 Å². The lowest BCUT2D eigenvalue weighted by Gasteiger charge is -1.94. The van der Waals surface area contributed by atoms with Gasteiger partial charge in [-0.2, -0.15) is 0 Å². The molecule has 1 aliphatic rings. The highest BCUT2D eigenvalue weighted by atomic mass is 16.3. The lowest BCUT2D eigenvalue weighted by atomic mass is 10.1. The molecule has 1 aromatic rings. The normalized spacial score (nSPS) is 17.3. The van der Waals surface area contributed by atoms with Gasteiger partial charge in [-0.05, 0) is 18.4 Å². The second-order valence-corrected chi connectivity index (χ2v) is 3.50. The Balaban J connectivity index is 1.95. The standard InChI is InChI=1S/C12H12O/c13-12(9-10-12)8-4-7-11-5-2-1-3-6-11/h1-3,5-6,13H,7,9-10H2. The molecular weight excluding hydrogens is 160 g/mol. The van der Waals surface area contributed by atoms with Crippen molar-refractivity contribution >= 4 is 0 Å². The van der Waals surface area contributed by atoms with E-state index in [1.807, 2.05) is 30.3 Å². The Morgan fingerprint density at radius 1 is 1.23 bits per heavy atom. The highest BCUT2D eigenvalue weighted by Gasteiger charge is 2.38. The molecule has 0 saturated heterocycles. The number of rotatable bonds is 1. The molecule has 1 nitrogen and oxygen atoms in total. The smallest absolute Gasteiger partial charge is 0.125 e. The van der Waals surface area contributed by atoms with Crippen LogP contribution >= 0.6 is 0 Å². The molecule has 0 amide bonds. The molecule has 0 heterocycles. The monoisotopic (exact) mass is 172 g/mol. The summed E-state index contributed by atoms with van der Waals surface area (Å²) in [6, 6.07) is 10.1. The van der Waals surface area contributed by atoms with E-state index >= 15 is 0 Å². The molecule has 0 radical (unpaired) electrons. The molecule has 0 spiro atoms. The average Bonchev–Trinajstić information content (AvgIpc) is 2.86. The van der Waals surface area contributed by atoms with Crippen molar-refractivity contribution in [2.45, 2.75) is 24.9 Å². The number of aliphatic hydroxyl groups is 1. The molecule has 0 aliphatic heterocycles. The van der Waals surface area contributed by atoms with E-state index in [2.05, 4.69) is 11.8 Å². The third kappa shape index (κ3) is 2.34. The fourth-order valence-electron chi connectivity index (χ4n) is 1.15. The summed E-state index contributed by atoms with van der Waals surface area (Å²) < 4.78 is 0. The van der Waals surface area contributed by atoms with Crippen LogP contribution in [0.5, 0.6) is 0 Å². The first-order valence-electron chi connectivity index (χ1n) is 4.55. The molecule has 1 aromatic carbocycles. The van der Waals surface area contributed by atoms with E-state index < -0.39 is 5.60 Å². The fourth-order valence-corrected chi connectivity index (χ4v) is 1.15. The van der Waals surface area contributed by atoms with Gasteiger partial charge in [0, 0.05) is 6.42 Å². The first kappa shape index (κ1) is 8.34. The Hall–Kier alpha value is -1.26. The van der Waals surface area contributed by atoms with E-state index in [0.29, 0.717) is 0 Å². The Kier molecular flexibility index (Phi) is 2.08. The molecule has 1 saturated carbocycles. The zero-order valence-electron chi connectivity index (χ0n) is 7.46. The van der Waals surface area contributed by atoms with Gasteiger partial charge < -0.3 is 5.11 Å². The van der Waals surface area contributed by atoms with Crippen LogP contribution in [0.25, 0.3) is 0 Å². The number of benzene rings is 1. The molecule has 1 N–H and O–H groups in total. The van der Waals surface area contributed by atoms with Crippen molar-refractivity contribution in [1.29, 1.82) is 0 Å². The zero-order chi connectivity index (χ0) is 9.15. The van der Waals surface area contributed by atoms with Crippen LogP contribution < -0.4 is 0 Å². The van der Waals surface area contributed by atoms with Crippen LogP contribution in [0.4, 0.5) is 0 Å². The minimum atomic E-state index is -0.630. The Morgan fingerprint density at radius 2 is 1.92 bits per heavy atom. The van der Waals surface area contributed by atoms with Crippen molar-refractivity contribution in [3.63, 3.8) is 0 Å². The Bertz CT molecular complexity index is 338. The minimum absolute atomic E-state index is 0.630. The van der Waals surface area contributed by atoms with E-state index in [4.69, 9.17) is 0 Å². The summed E-state index contributed by atoms with van der Waals surface area (Å²) in [5.41, 5.74) is 0.577. The predicted molar refractivity (Wildman–Crippen MR) is 52.1 cm³/mol. The van der Waals surface area contributed by atoms with Crippen LogP contribution in [0.3, 0.4) is 0 Å². The summed E-state index contributed by atoms with van der Waals surface area (Å²) in [7, 11) is 0. The first-order chi connectivity index (χ1) is 6.29. The summed E-state index contributed by atoms with van der Waals surface area (Å²) in [5.74, 6) is 5.89. The summed E-state index contributed by atoms with van der Waals surface area (Å²) >= 11 is 0. The SMILES string of the molecule is OC1(C#CCc2ccccc2)CC1. The van der Waals surface area contributed by atoms with Gasteiger partial charge in [0.1, 0.15) is 5.60 Å². The van der Waals surface area contributed by atoms with Crippen molar-refractivity contribution in [3.05, 3.63) is 35.9 Å². The highest BCUT2D eigenvalue weighted by Crippen LogP contribution is 2.33. The molecular formula is C12H12O. The van der Waals surface area contributed by atoms with Crippen LogP contribution in [0.15, 0.2) is 30.3 Å². The molecule has 66 valence electrons. The van der Waals surface area contributed by atoms with Crippen molar-refractivity contribution < 1.29 is 5.11 Å². The van der Waals surface area contributed by atoms with Gasteiger partial charge in [0.15, 0.2) is 0 Å². The molecule has 13 heavy (non-hydrogen) atoms. The van der Waals surface area contributed by atoms with Crippen LogP contribution in [0, 0.1) is 11.8 Å². The third-order valence-electron chi connectivity index (χ3n) is 2.18. The van der Waals surface area contributed by atoms with Crippen molar-refractivity contribution in [1.82, 2.24) is 0 Å². The van der Waals surface area contributed by atoms with Crippen molar-refractivity contribution in [2.75, 3.05) is 0 Å². The Morgan fingerprint density at radius 3 is 2.54 bits per heavy atom. The molecule has 0 atom stereocenters. The minimum Gasteiger partial charge on any atom is -0.378 e. The number of hydrogen-bond donors (Lipinski definition) is 1. The molecule has 1 heteroatoms. The molecule has 2 rings (SSSR count). The summed E-state index contributed by atoms with van der Waals surface area (Å²) in [6.07, 6.45) is 2.42. The van der Waals surface area contributed by atoms with E-state index in [9.17, 15) is 5.11 Å². The van der Waals surface area contributed by atoms with E-state index in [-0.39, 0.29) is 0 Å². The van der Waals surface area contributed by atoms with Gasteiger partial charge in [0.25, 0.3) is 0 Å². The maximum atomic E-state index is 9.43. The van der Waals surface area contributed by atoms with E-state index in [1.165, 1.54) is 5.56 Å². The zero-order valence-corrected chi connectivity index (χ0v) is 7.46. The van der Waals surface area contributed by atoms with Crippen LogP contribution in [0.1, 0.15) is 18.4 Å². The molecule has 1 fully saturated rings. The van der Waals surface area contributed by atoms with Gasteiger partial charge in [0.2, 0.25) is 0 Å². The second-order valence-electron chi connectivity index (χ2n) is 3.50. The lowest BCUT2D eigenvalue weighted by Crippen LogP contribution is -2.00. The Labute approximate surface area is 78.4 Å². The van der Waals surface area contributed by atoms with Gasteiger partial charge in [-0.15, -0.1) is 0 Å². The highest BCUT2D eigenvalue weighted by molar-refractivity contribution is 5.26. The predicted octanol–water partition coefficient (Wildman–Crippen LogP) is 1.76. The first-order valence-corrected chi connectivity index (χ1v) is 4.55. The summed E-state index contributed by atoms with van der Waals surface area (Å²) in [4.78, 5) is 0. The second kappa shape index (κ2) is 3.24. The van der Waals surface area contributed by atoms with Crippen LogP contribution in [-0.4, -0.2) is 10.7 Å². The van der Waals surface area contributed by atoms with Crippen molar-refractivity contribution in [2.24, 2.45) is 0 Å². The lowest BCUT2D eigenvalue weighted by molar-refractivity contribution is 0.212. The van der Waals surface area contributed by atoms with Crippen molar-refractivity contribution in [3.8, 4) is 11.8 Å². The average molecular weight is 172 g/mol. The molecule has 0 bridgehead atoms. The number of hydrogen-bond acceptors (Lipinski definition) is 1. The quantitative estimate of drug-likeness (QED) is 0.640. The summed E-state index contributed by atoms with van der Waals surface area (Å²) in [5, 5.41) is 9.43. The van der Waals surface area contributed by atoms with Gasteiger partial charge in [-0.25, -0.2) is 0 Å². The van der Waals surface area contributed by atoms with E-state index in [1.54, 1.807) is 0 Å². The largest absolute Gasteiger partial charge is 0.378 e. The van der Waals surface area contributed by atoms with Gasteiger partial charge >= 0.3 is 0 Å². The van der Waals surface area contributed by atoms with E-state index in [0.717, 1.165) is 19.3 Å². The maximum absolute atomic E-state index is 9.43.